The lowest BCUT2D eigenvalue weighted by atomic mass is 11.1. The van der Waals surface area contributed by atoms with Gasteiger partial charge in [0, 0.05) is 14.2 Å². The first kappa shape index (κ1) is 5.88. The van der Waals surface area contributed by atoms with Crippen LogP contribution in [0.1, 0.15) is 0 Å². The molecule has 3 heteroatoms. The molecule has 38 valence electrons. The molecule has 3 nitrogen and oxygen atoms in total. The van der Waals surface area contributed by atoms with Crippen molar-refractivity contribution >= 4 is 0 Å². The lowest BCUT2D eigenvalue weighted by Crippen LogP contribution is -2.14. The van der Waals surface area contributed by atoms with Gasteiger partial charge in [0.2, 0.25) is 0 Å². The molecule has 1 N–H and O–H groups in total. The van der Waals surface area contributed by atoms with Gasteiger partial charge in [-0.15, -0.1) is 0 Å². The largest absolute Gasteiger partial charge is 0.367 e. The van der Waals surface area contributed by atoms with Crippen LogP contribution in [0.15, 0.2) is 0 Å². The van der Waals surface area contributed by atoms with Crippen LogP contribution in [0.2, 0.25) is 0 Å². The molecule has 0 fully saturated rings. The van der Waals surface area contributed by atoms with Crippen molar-refractivity contribution < 1.29 is 9.94 Å². The lowest BCUT2D eigenvalue weighted by Gasteiger charge is -2.02. The highest BCUT2D eigenvalue weighted by Gasteiger charge is 1.81. The molecule has 0 spiro atoms. The first-order valence-electron chi connectivity index (χ1n) is 1.66. The molecule has 0 aromatic heterocycles. The SMILES string of the molecule is COCN(C)O. The summed E-state index contributed by atoms with van der Waals surface area (Å²) in [4.78, 5) is 0. The molecule has 0 rings (SSSR count). The molecule has 0 heterocycles. The summed E-state index contributed by atoms with van der Waals surface area (Å²) in [6, 6.07) is 0. The molecule has 0 saturated carbocycles. The Morgan fingerprint density at radius 1 is 1.83 bits per heavy atom. The minimum Gasteiger partial charge on any atom is -0.367 e. The second kappa shape index (κ2) is 3.08. The fourth-order valence-corrected chi connectivity index (χ4v) is 0.187. The normalized spacial score (nSPS) is 10.0. The molecule has 0 atom stereocenters. The number of methoxy groups -OCH3 is 1. The third-order valence-corrected chi connectivity index (χ3v) is 0.316. The van der Waals surface area contributed by atoms with Gasteiger partial charge in [-0.1, -0.05) is 0 Å². The summed E-state index contributed by atoms with van der Waals surface area (Å²) in [5.74, 6) is 0. The van der Waals surface area contributed by atoms with Crippen LogP contribution in [-0.4, -0.2) is 31.2 Å². The Bertz CT molecular complexity index is 30.0. The Balaban J connectivity index is 2.63. The van der Waals surface area contributed by atoms with Crippen molar-refractivity contribution in [1.29, 1.82) is 0 Å². The van der Waals surface area contributed by atoms with E-state index in [2.05, 4.69) is 4.74 Å². The fraction of sp³-hybridized carbons (Fsp3) is 1.00. The second-order valence-electron chi connectivity index (χ2n) is 1.08. The van der Waals surface area contributed by atoms with Gasteiger partial charge < -0.3 is 9.94 Å². The first-order valence-corrected chi connectivity index (χ1v) is 1.66. The van der Waals surface area contributed by atoms with Gasteiger partial charge in [-0.2, -0.15) is 5.06 Å². The number of ether oxygens (including phenoxy) is 1. The van der Waals surface area contributed by atoms with Crippen LogP contribution in [0.3, 0.4) is 0 Å². The van der Waals surface area contributed by atoms with E-state index in [1.54, 1.807) is 0 Å². The van der Waals surface area contributed by atoms with Gasteiger partial charge in [0.15, 0.2) is 0 Å². The molecule has 0 aliphatic carbocycles. The van der Waals surface area contributed by atoms with Crippen LogP contribution in [0, 0.1) is 0 Å². The topological polar surface area (TPSA) is 32.7 Å². The number of hydrogen-bond acceptors (Lipinski definition) is 3. The van der Waals surface area contributed by atoms with E-state index < -0.39 is 0 Å². The smallest absolute Gasteiger partial charge is 0.121 e. The molecule has 6 heavy (non-hydrogen) atoms. The summed E-state index contributed by atoms with van der Waals surface area (Å²) in [6.45, 7) is 0.264. The summed E-state index contributed by atoms with van der Waals surface area (Å²) in [5.41, 5.74) is 0. The van der Waals surface area contributed by atoms with Gasteiger partial charge in [0.1, 0.15) is 6.73 Å². The van der Waals surface area contributed by atoms with Crippen molar-refractivity contribution in [3.05, 3.63) is 0 Å². The van der Waals surface area contributed by atoms with Crippen molar-refractivity contribution in [2.45, 2.75) is 0 Å². The minimum atomic E-state index is 0.264. The molecule has 0 saturated heterocycles. The molecule has 0 radical (unpaired) electrons. The maximum absolute atomic E-state index is 8.26. The lowest BCUT2D eigenvalue weighted by molar-refractivity contribution is -0.131. The van der Waals surface area contributed by atoms with E-state index in [4.69, 9.17) is 5.21 Å². The molecule has 0 bridgehead atoms. The molecular weight excluding hydrogens is 82.0 g/mol. The average molecular weight is 91.1 g/mol. The van der Waals surface area contributed by atoms with Crippen molar-refractivity contribution in [2.24, 2.45) is 0 Å². The summed E-state index contributed by atoms with van der Waals surface area (Å²) < 4.78 is 4.48. The van der Waals surface area contributed by atoms with E-state index >= 15 is 0 Å². The van der Waals surface area contributed by atoms with E-state index in [9.17, 15) is 0 Å². The van der Waals surface area contributed by atoms with Crippen molar-refractivity contribution in [3.63, 3.8) is 0 Å². The predicted molar refractivity (Wildman–Crippen MR) is 21.4 cm³/mol. The zero-order valence-corrected chi connectivity index (χ0v) is 4.01. The Kier molecular flexibility index (Phi) is 3.02. The molecular formula is C3H9NO2. The standard InChI is InChI=1S/C3H9NO2/c1-4(5)3-6-2/h5H,3H2,1-2H3. The zero-order chi connectivity index (χ0) is 4.99. The second-order valence-corrected chi connectivity index (χ2v) is 1.08. The fourth-order valence-electron chi connectivity index (χ4n) is 0.187. The van der Waals surface area contributed by atoms with E-state index in [0.29, 0.717) is 0 Å². The molecule has 0 aromatic rings. The maximum atomic E-state index is 8.26. The average Bonchev–Trinajstić information content (AvgIpc) is 1.35. The van der Waals surface area contributed by atoms with Gasteiger partial charge >= 0.3 is 0 Å². The highest BCUT2D eigenvalue weighted by molar-refractivity contribution is 4.07. The molecule has 0 aromatic carbocycles. The highest BCUT2D eigenvalue weighted by atomic mass is 16.6. The van der Waals surface area contributed by atoms with Crippen molar-refractivity contribution in [1.82, 2.24) is 5.06 Å². The van der Waals surface area contributed by atoms with E-state index in [1.165, 1.54) is 14.2 Å². The Morgan fingerprint density at radius 2 is 2.33 bits per heavy atom. The van der Waals surface area contributed by atoms with Crippen LogP contribution in [-0.2, 0) is 4.74 Å². The predicted octanol–water partition coefficient (Wildman–Crippen LogP) is -0.0887. The third-order valence-electron chi connectivity index (χ3n) is 0.316. The number of hydrogen-bond donors (Lipinski definition) is 1. The molecule has 0 aliphatic rings. The van der Waals surface area contributed by atoms with Crippen molar-refractivity contribution in [3.8, 4) is 0 Å². The van der Waals surface area contributed by atoms with Gasteiger partial charge in [-0.3, -0.25) is 0 Å². The molecule has 0 aliphatic heterocycles. The third kappa shape index (κ3) is 3.88. The summed E-state index contributed by atoms with van der Waals surface area (Å²) in [7, 11) is 3.04. The molecule has 0 amide bonds. The quantitative estimate of drug-likeness (QED) is 0.381. The highest BCUT2D eigenvalue weighted by Crippen LogP contribution is 1.68. The maximum Gasteiger partial charge on any atom is 0.121 e. The van der Waals surface area contributed by atoms with E-state index in [-0.39, 0.29) is 6.73 Å². The number of rotatable bonds is 2. The van der Waals surface area contributed by atoms with Crippen LogP contribution in [0.25, 0.3) is 0 Å². The van der Waals surface area contributed by atoms with E-state index in [0.717, 1.165) is 5.06 Å². The Hall–Kier alpha value is -0.120. The first-order chi connectivity index (χ1) is 2.77. The van der Waals surface area contributed by atoms with Crippen LogP contribution >= 0.6 is 0 Å². The van der Waals surface area contributed by atoms with Gasteiger partial charge in [-0.05, 0) is 0 Å². The summed E-state index contributed by atoms with van der Waals surface area (Å²) in [5, 5.41) is 9.22. The summed E-state index contributed by atoms with van der Waals surface area (Å²) in [6.07, 6.45) is 0. The number of nitrogens with zero attached hydrogens (tertiary/aromatic N) is 1. The van der Waals surface area contributed by atoms with Crippen molar-refractivity contribution in [2.75, 3.05) is 20.9 Å². The van der Waals surface area contributed by atoms with Gasteiger partial charge in [0.25, 0.3) is 0 Å². The Labute approximate surface area is 37.1 Å². The van der Waals surface area contributed by atoms with Gasteiger partial charge in [-0.25, -0.2) is 0 Å². The van der Waals surface area contributed by atoms with E-state index in [1.807, 2.05) is 0 Å². The summed E-state index contributed by atoms with van der Waals surface area (Å²) >= 11 is 0. The Morgan fingerprint density at radius 3 is 2.33 bits per heavy atom. The zero-order valence-electron chi connectivity index (χ0n) is 4.01. The van der Waals surface area contributed by atoms with Gasteiger partial charge in [0.05, 0.1) is 0 Å². The number of hydroxylamine groups is 2. The van der Waals surface area contributed by atoms with Crippen LogP contribution < -0.4 is 0 Å². The van der Waals surface area contributed by atoms with Crippen LogP contribution in [0.5, 0.6) is 0 Å². The molecule has 0 unspecified atom stereocenters. The monoisotopic (exact) mass is 91.1 g/mol. The minimum absolute atomic E-state index is 0.264. The van der Waals surface area contributed by atoms with Crippen LogP contribution in [0.4, 0.5) is 0 Å².